The van der Waals surface area contributed by atoms with Crippen molar-refractivity contribution in [2.24, 2.45) is 29.6 Å². The van der Waals surface area contributed by atoms with Gasteiger partial charge in [-0.2, -0.15) is 0 Å². The molecule has 2 heterocycles. The second-order valence-electron chi connectivity index (χ2n) is 18.5. The van der Waals surface area contributed by atoms with Gasteiger partial charge >= 0.3 is 0 Å². The van der Waals surface area contributed by atoms with Gasteiger partial charge in [0.25, 0.3) is 0 Å². The van der Waals surface area contributed by atoms with Gasteiger partial charge in [0.2, 0.25) is 0 Å². The summed E-state index contributed by atoms with van der Waals surface area (Å²) < 4.78 is 39.0. The first-order chi connectivity index (χ1) is 25.7. The fourth-order valence-electron chi connectivity index (χ4n) is 9.24. The third kappa shape index (κ3) is 12.1. The molecule has 6 nitrogen and oxygen atoms in total. The van der Waals surface area contributed by atoms with Gasteiger partial charge < -0.3 is 28.1 Å². The van der Waals surface area contributed by atoms with Crippen molar-refractivity contribution in [2.45, 2.75) is 173 Å². The van der Waals surface area contributed by atoms with Crippen molar-refractivity contribution in [3.63, 3.8) is 0 Å². The zero-order chi connectivity index (χ0) is 37.1. The van der Waals surface area contributed by atoms with Crippen molar-refractivity contribution in [1.82, 2.24) is 0 Å². The number of ether oxygens (including phenoxy) is 5. The van der Waals surface area contributed by atoms with E-state index in [4.69, 9.17) is 28.1 Å². The van der Waals surface area contributed by atoms with Gasteiger partial charge in [0.15, 0.2) is 20.9 Å². The molecule has 8 atom stereocenters. The number of unbranched alkanes of at least 4 members (excludes halogenated alkanes) is 1. The second-order valence-corrected chi connectivity index (χ2v) is 23.4. The van der Waals surface area contributed by atoms with Gasteiger partial charge in [0.05, 0.1) is 18.8 Å². The van der Waals surface area contributed by atoms with Crippen LogP contribution in [0.25, 0.3) is 0 Å². The summed E-state index contributed by atoms with van der Waals surface area (Å²) in [5.41, 5.74) is 2.88. The quantitative estimate of drug-likeness (QED) is 0.0846. The zero-order valence-corrected chi connectivity index (χ0v) is 35.1. The van der Waals surface area contributed by atoms with Crippen LogP contribution in [0, 0.1) is 29.6 Å². The molecule has 0 N–H and O–H groups in total. The van der Waals surface area contributed by atoms with Crippen LogP contribution < -0.4 is 0 Å². The van der Waals surface area contributed by atoms with Gasteiger partial charge in [0.1, 0.15) is 0 Å². The van der Waals surface area contributed by atoms with Crippen LogP contribution in [0.3, 0.4) is 0 Å². The Balaban J connectivity index is 1.17. The molecule has 1 aromatic rings. The van der Waals surface area contributed by atoms with Crippen molar-refractivity contribution in [2.75, 3.05) is 26.4 Å². The normalized spacial score (nSPS) is 30.0. The Morgan fingerprint density at radius 3 is 2.28 bits per heavy atom. The summed E-state index contributed by atoms with van der Waals surface area (Å²) >= 11 is 0. The molecule has 5 aliphatic rings. The topological polar surface area (TPSA) is 55.4 Å². The molecule has 8 unspecified atom stereocenters. The fraction of sp³-hybridized carbons (Fsp3) is 0.783. The Morgan fingerprint density at radius 2 is 1.58 bits per heavy atom. The lowest BCUT2D eigenvalue weighted by atomic mass is 9.84. The molecule has 7 heteroatoms. The first kappa shape index (κ1) is 41.3. The van der Waals surface area contributed by atoms with Gasteiger partial charge in [-0.05, 0) is 118 Å². The number of hydrogen-bond donors (Lipinski definition) is 0. The maximum atomic E-state index is 6.98. The van der Waals surface area contributed by atoms with E-state index < -0.39 is 8.32 Å². The monoisotopic (exact) mass is 751 g/mol. The Kier molecular flexibility index (Phi) is 15.7. The summed E-state index contributed by atoms with van der Waals surface area (Å²) in [5.74, 6) is 2.45. The molecule has 298 valence electrons. The highest BCUT2D eigenvalue weighted by molar-refractivity contribution is 6.74. The van der Waals surface area contributed by atoms with Crippen molar-refractivity contribution >= 4 is 8.32 Å². The van der Waals surface area contributed by atoms with E-state index in [9.17, 15) is 0 Å². The summed E-state index contributed by atoms with van der Waals surface area (Å²) in [6.45, 7) is 15.8. The van der Waals surface area contributed by atoms with Crippen LogP contribution in [-0.4, -0.2) is 59.5 Å². The Hall–Kier alpha value is -1.32. The molecule has 0 radical (unpaired) electrons. The van der Waals surface area contributed by atoms with E-state index in [0.29, 0.717) is 36.2 Å². The largest absolute Gasteiger partial charge is 0.416 e. The van der Waals surface area contributed by atoms with Crippen molar-refractivity contribution in [3.8, 4) is 0 Å². The second kappa shape index (κ2) is 20.2. The third-order valence-electron chi connectivity index (χ3n) is 13.6. The molecular formula is C46H74O6Si. The summed E-state index contributed by atoms with van der Waals surface area (Å²) in [6.07, 6.45) is 26.7. The lowest BCUT2D eigenvalue weighted by molar-refractivity contribution is -0.193. The average Bonchev–Trinajstić information content (AvgIpc) is 3.71. The lowest BCUT2D eigenvalue weighted by Crippen LogP contribution is -2.42. The van der Waals surface area contributed by atoms with E-state index in [1.54, 1.807) is 5.57 Å². The maximum absolute atomic E-state index is 6.98. The molecule has 6 rings (SSSR count). The smallest absolute Gasteiger partial charge is 0.192 e. The van der Waals surface area contributed by atoms with E-state index in [2.05, 4.69) is 82.4 Å². The molecule has 53 heavy (non-hydrogen) atoms. The summed E-state index contributed by atoms with van der Waals surface area (Å²) in [5, 5.41) is 0.199. The molecule has 3 aliphatic carbocycles. The minimum atomic E-state index is -1.88. The first-order valence-electron chi connectivity index (χ1n) is 21.8. The number of hydrogen-bond acceptors (Lipinski definition) is 6. The number of benzene rings is 1. The van der Waals surface area contributed by atoms with Crippen molar-refractivity contribution in [3.05, 3.63) is 59.7 Å². The maximum Gasteiger partial charge on any atom is 0.192 e. The van der Waals surface area contributed by atoms with Crippen LogP contribution in [0.5, 0.6) is 0 Å². The van der Waals surface area contributed by atoms with Crippen LogP contribution in [0.4, 0.5) is 0 Å². The minimum Gasteiger partial charge on any atom is -0.416 e. The molecule has 2 saturated carbocycles. The Labute approximate surface area is 324 Å². The van der Waals surface area contributed by atoms with Crippen LogP contribution in [0.2, 0.25) is 18.1 Å². The molecule has 1 aromatic carbocycles. The first-order valence-corrected chi connectivity index (χ1v) is 24.8. The van der Waals surface area contributed by atoms with E-state index in [0.717, 1.165) is 84.2 Å². The Bertz CT molecular complexity index is 1260. The predicted octanol–water partition coefficient (Wildman–Crippen LogP) is 11.6. The van der Waals surface area contributed by atoms with E-state index >= 15 is 0 Å². The fourth-order valence-corrected chi connectivity index (χ4v) is 10.3. The van der Waals surface area contributed by atoms with Crippen LogP contribution in [-0.2, 0) is 34.7 Å². The van der Waals surface area contributed by atoms with Gasteiger partial charge in [-0.25, -0.2) is 0 Å². The van der Waals surface area contributed by atoms with Crippen molar-refractivity contribution < 1.29 is 28.1 Å². The van der Waals surface area contributed by atoms with Crippen LogP contribution in [0.1, 0.15) is 129 Å². The van der Waals surface area contributed by atoms with E-state index in [1.165, 1.54) is 50.5 Å². The molecular weight excluding hydrogens is 677 g/mol. The highest BCUT2D eigenvalue weighted by Crippen LogP contribution is 2.51. The van der Waals surface area contributed by atoms with Gasteiger partial charge in [0, 0.05) is 38.3 Å². The minimum absolute atomic E-state index is 0.0668. The predicted molar refractivity (Wildman–Crippen MR) is 217 cm³/mol. The van der Waals surface area contributed by atoms with Gasteiger partial charge in [-0.3, -0.25) is 0 Å². The molecule has 0 amide bonds. The van der Waals surface area contributed by atoms with E-state index in [1.807, 2.05) is 0 Å². The number of fused-ring (bicyclic) bond motifs is 1. The van der Waals surface area contributed by atoms with Crippen LogP contribution >= 0.6 is 0 Å². The van der Waals surface area contributed by atoms with Gasteiger partial charge in [-0.15, -0.1) is 0 Å². The number of allylic oxidation sites excluding steroid dienone is 1. The Morgan fingerprint density at radius 1 is 0.868 bits per heavy atom. The highest BCUT2D eigenvalue weighted by Gasteiger charge is 2.47. The summed E-state index contributed by atoms with van der Waals surface area (Å²) in [4.78, 5) is 0. The molecule has 0 aromatic heterocycles. The van der Waals surface area contributed by atoms with Gasteiger partial charge in [-0.1, -0.05) is 101 Å². The zero-order valence-electron chi connectivity index (χ0n) is 34.1. The number of rotatable bonds is 18. The van der Waals surface area contributed by atoms with E-state index in [-0.39, 0.29) is 29.8 Å². The molecule has 0 bridgehead atoms. The highest BCUT2D eigenvalue weighted by atomic mass is 28.4. The molecule has 2 saturated heterocycles. The summed E-state index contributed by atoms with van der Waals surface area (Å²) in [7, 11) is -1.88. The van der Waals surface area contributed by atoms with Crippen LogP contribution in [0.15, 0.2) is 54.1 Å². The molecule has 4 fully saturated rings. The standard InChI is InChI=1S/C46H74O6Si/c1-46(2,3)53(4,5)50-34-37(22-12-15-27-47-33-35-18-8-6-9-19-35)38-30-39-32-43(52-45-24-14-17-29-49-45)40(41(39)31-38)25-26-42(36-20-10-7-11-21-36)51-44-23-13-16-28-48-44/h6,8-9,18-19,25-26,31,36-37,39-45H,7,10-17,20-24,27-30,32-34H2,1-5H3. The summed E-state index contributed by atoms with van der Waals surface area (Å²) in [6, 6.07) is 10.5. The van der Waals surface area contributed by atoms with Crippen molar-refractivity contribution in [1.29, 1.82) is 0 Å². The third-order valence-corrected chi connectivity index (χ3v) is 18.1. The molecule has 2 aliphatic heterocycles. The average molecular weight is 751 g/mol. The molecule has 0 spiro atoms. The lowest BCUT2D eigenvalue weighted by Gasteiger charge is -2.37. The SMILES string of the molecule is CC(C)(C)[Si](C)(C)OCC(CCCCOCc1ccccc1)C1=CC2C(C1)CC(OC1CCCCO1)C2C=CC(OC1CCCCO1)C1CCCCC1.